The van der Waals surface area contributed by atoms with E-state index in [9.17, 15) is 50.4 Å². The minimum absolute atomic E-state index is 0.0487. The van der Waals surface area contributed by atoms with E-state index in [0.29, 0.717) is 17.6 Å². The van der Waals surface area contributed by atoms with Gasteiger partial charge in [0, 0.05) is 12.0 Å². The maximum atomic E-state index is 12.3. The molecule has 17 heteroatoms. The second-order valence-corrected chi connectivity index (χ2v) is 11.9. The summed E-state index contributed by atoms with van der Waals surface area (Å²) in [5.41, 5.74) is 1.32. The quantitative estimate of drug-likeness (QED) is 0.0679. The Hall–Kier alpha value is -3.46. The van der Waals surface area contributed by atoms with Gasteiger partial charge in [0.15, 0.2) is 12.6 Å². The first-order valence-electron chi connectivity index (χ1n) is 15.5. The fourth-order valence-corrected chi connectivity index (χ4v) is 6.06. The molecule has 1 aromatic rings. The number of allylic oxidation sites excluding steroid dienone is 1. The molecule has 1 aliphatic carbocycles. The van der Waals surface area contributed by atoms with Crippen LogP contribution in [-0.2, 0) is 42.7 Å². The average molecular weight is 697 g/mol. The number of phenolic OH excluding ortho intramolecular Hbond substituents is 1. The Kier molecular flexibility index (Phi) is 12.1. The molecule has 0 saturated carbocycles. The second kappa shape index (κ2) is 16.0. The molecule has 17 nitrogen and oxygen atoms in total. The molecule has 0 radical (unpaired) electrons. The molecule has 4 aliphatic rings. The highest BCUT2D eigenvalue weighted by Crippen LogP contribution is 2.44. The zero-order valence-corrected chi connectivity index (χ0v) is 26.2. The van der Waals surface area contributed by atoms with Gasteiger partial charge in [-0.25, -0.2) is 9.59 Å². The summed E-state index contributed by atoms with van der Waals surface area (Å²) in [6.45, 7) is -1.51. The Bertz CT molecular complexity index is 1390. The largest absolute Gasteiger partial charge is 0.508 e. The summed E-state index contributed by atoms with van der Waals surface area (Å²) in [7, 11) is 1.22. The molecular formula is C32H40O17. The molecule has 3 heterocycles. The van der Waals surface area contributed by atoms with Crippen molar-refractivity contribution in [1.29, 1.82) is 0 Å². The van der Waals surface area contributed by atoms with Gasteiger partial charge in [0.05, 0.1) is 38.1 Å². The number of methoxy groups -OCH3 is 1. The van der Waals surface area contributed by atoms with E-state index < -0.39 is 105 Å². The lowest BCUT2D eigenvalue weighted by molar-refractivity contribution is -0.352. The van der Waals surface area contributed by atoms with E-state index in [1.807, 2.05) is 0 Å². The lowest BCUT2D eigenvalue weighted by atomic mass is 9.83. The van der Waals surface area contributed by atoms with Gasteiger partial charge < -0.3 is 74.0 Å². The SMILES string of the molecule is COC(=O)C1=CO[C@@H](O[C@@H]2O[C@H](CO[C@H]3O[C@H](COC(=O)/C=C/c4ccc(O)cc4)[C@@H](O)[C@H](O)[C@H]3O)[C@@H](O)[C@H](O)[C@H]2O)[C@H]2C(CO)=CC[C@@H]12. The van der Waals surface area contributed by atoms with Gasteiger partial charge in [-0.3, -0.25) is 0 Å². The van der Waals surface area contributed by atoms with Crippen LogP contribution in [0.15, 0.2) is 53.8 Å². The van der Waals surface area contributed by atoms with E-state index in [0.717, 1.165) is 12.3 Å². The molecule has 0 unspecified atom stereocenters. The number of carbonyl (C=O) groups excluding carboxylic acids is 2. The van der Waals surface area contributed by atoms with Gasteiger partial charge in [0.25, 0.3) is 0 Å². The topological polar surface area (TPSA) is 261 Å². The maximum absolute atomic E-state index is 12.3. The molecule has 5 rings (SSSR count). The number of aromatic hydroxyl groups is 1. The highest BCUT2D eigenvalue weighted by Gasteiger charge is 2.51. The molecule has 13 atom stereocenters. The second-order valence-electron chi connectivity index (χ2n) is 11.9. The van der Waals surface area contributed by atoms with E-state index in [4.69, 9.17) is 33.2 Å². The van der Waals surface area contributed by atoms with E-state index in [2.05, 4.69) is 0 Å². The summed E-state index contributed by atoms with van der Waals surface area (Å²) >= 11 is 0. The number of aliphatic hydroxyl groups excluding tert-OH is 7. The summed E-state index contributed by atoms with van der Waals surface area (Å²) < 4.78 is 38.3. The predicted octanol–water partition coefficient (Wildman–Crippen LogP) is -2.43. The number of phenols is 1. The van der Waals surface area contributed by atoms with Gasteiger partial charge in [0.1, 0.15) is 61.2 Å². The average Bonchev–Trinajstić information content (AvgIpc) is 3.55. The Morgan fingerprint density at radius 1 is 0.857 bits per heavy atom. The van der Waals surface area contributed by atoms with Crippen LogP contribution >= 0.6 is 0 Å². The van der Waals surface area contributed by atoms with Crippen LogP contribution in [0.3, 0.4) is 0 Å². The molecule has 8 N–H and O–H groups in total. The van der Waals surface area contributed by atoms with Crippen molar-refractivity contribution in [2.45, 2.75) is 74.1 Å². The normalized spacial score (nSPS) is 37.5. The van der Waals surface area contributed by atoms with E-state index in [1.54, 1.807) is 18.2 Å². The van der Waals surface area contributed by atoms with Crippen LogP contribution in [0.4, 0.5) is 0 Å². The van der Waals surface area contributed by atoms with Gasteiger partial charge in [-0.2, -0.15) is 0 Å². The maximum Gasteiger partial charge on any atom is 0.337 e. The van der Waals surface area contributed by atoms with Crippen LogP contribution < -0.4 is 0 Å². The Morgan fingerprint density at radius 3 is 2.14 bits per heavy atom. The molecule has 0 bridgehead atoms. The van der Waals surface area contributed by atoms with Gasteiger partial charge >= 0.3 is 11.9 Å². The monoisotopic (exact) mass is 696 g/mol. The van der Waals surface area contributed by atoms with Gasteiger partial charge in [0.2, 0.25) is 6.29 Å². The van der Waals surface area contributed by atoms with E-state index >= 15 is 0 Å². The molecule has 0 amide bonds. The number of hydrogen-bond acceptors (Lipinski definition) is 17. The third-order valence-electron chi connectivity index (χ3n) is 8.85. The first-order valence-corrected chi connectivity index (χ1v) is 15.5. The lowest BCUT2D eigenvalue weighted by Gasteiger charge is -2.44. The third kappa shape index (κ3) is 8.13. The predicted molar refractivity (Wildman–Crippen MR) is 160 cm³/mol. The fourth-order valence-electron chi connectivity index (χ4n) is 6.06. The summed E-state index contributed by atoms with van der Waals surface area (Å²) in [4.78, 5) is 24.5. The summed E-state index contributed by atoms with van der Waals surface area (Å²) in [6, 6.07) is 5.98. The molecule has 0 aromatic heterocycles. The van der Waals surface area contributed by atoms with Crippen molar-refractivity contribution in [2.24, 2.45) is 11.8 Å². The number of hydrogen-bond donors (Lipinski definition) is 8. The number of ether oxygens (including phenoxy) is 7. The van der Waals surface area contributed by atoms with Crippen LogP contribution in [-0.4, -0.2) is 147 Å². The summed E-state index contributed by atoms with van der Waals surface area (Å²) in [5, 5.41) is 82.6. The zero-order chi connectivity index (χ0) is 35.4. The van der Waals surface area contributed by atoms with Crippen molar-refractivity contribution in [1.82, 2.24) is 0 Å². The molecule has 270 valence electrons. The van der Waals surface area contributed by atoms with E-state index in [-0.39, 0.29) is 17.9 Å². The highest BCUT2D eigenvalue weighted by molar-refractivity contribution is 5.89. The lowest BCUT2D eigenvalue weighted by Crippen LogP contribution is -2.62. The van der Waals surface area contributed by atoms with Crippen molar-refractivity contribution in [3.63, 3.8) is 0 Å². The zero-order valence-electron chi connectivity index (χ0n) is 26.2. The van der Waals surface area contributed by atoms with Crippen molar-refractivity contribution in [3.8, 4) is 5.75 Å². The van der Waals surface area contributed by atoms with Gasteiger partial charge in [-0.1, -0.05) is 18.2 Å². The summed E-state index contributed by atoms with van der Waals surface area (Å²) in [5.74, 6) is -2.54. The fraction of sp³-hybridized carbons (Fsp3) is 0.562. The molecule has 49 heavy (non-hydrogen) atoms. The molecule has 2 saturated heterocycles. The Morgan fingerprint density at radius 2 is 1.49 bits per heavy atom. The number of rotatable bonds is 11. The van der Waals surface area contributed by atoms with Crippen LogP contribution in [0.2, 0.25) is 0 Å². The van der Waals surface area contributed by atoms with E-state index in [1.165, 1.54) is 25.3 Å². The number of esters is 2. The van der Waals surface area contributed by atoms with Crippen LogP contribution in [0.1, 0.15) is 12.0 Å². The van der Waals surface area contributed by atoms with Crippen molar-refractivity contribution in [3.05, 3.63) is 59.4 Å². The standard InChI is InChI=1S/C32H40O17/c1-43-29(42)18-11-45-30(22-15(10-33)5-8-17(18)22)49-32-28(41)26(39)24(37)20(48-32)13-46-31-27(40)25(38)23(36)19(47-31)12-44-21(35)9-4-14-2-6-16(34)7-3-14/h2-7,9,11,17,19-20,22-28,30-34,36-41H,8,10,12-13H2,1H3/b9-4+/t17-,19+,20+,22-,23+,24+,25-,26-,27+,28+,30-,31-,32-/m0/s1. The number of aliphatic hydroxyl groups is 7. The first-order chi connectivity index (χ1) is 23.4. The molecular weight excluding hydrogens is 656 g/mol. The molecule has 0 spiro atoms. The molecule has 1 aromatic carbocycles. The van der Waals surface area contributed by atoms with Crippen molar-refractivity contribution < 1.29 is 83.6 Å². The van der Waals surface area contributed by atoms with Crippen molar-refractivity contribution in [2.75, 3.05) is 26.9 Å². The molecule has 2 fully saturated rings. The van der Waals surface area contributed by atoms with Crippen LogP contribution in [0.25, 0.3) is 6.08 Å². The smallest absolute Gasteiger partial charge is 0.337 e. The van der Waals surface area contributed by atoms with Crippen LogP contribution in [0.5, 0.6) is 5.75 Å². The van der Waals surface area contributed by atoms with Gasteiger partial charge in [-0.05, 0) is 35.8 Å². The minimum atomic E-state index is -1.81. The van der Waals surface area contributed by atoms with Gasteiger partial charge in [-0.15, -0.1) is 0 Å². The summed E-state index contributed by atoms with van der Waals surface area (Å²) in [6.07, 6.45) is -12.0. The molecule has 3 aliphatic heterocycles. The Labute approximate surface area is 279 Å². The van der Waals surface area contributed by atoms with Crippen LogP contribution in [0, 0.1) is 11.8 Å². The Balaban J connectivity index is 1.19. The number of fused-ring (bicyclic) bond motifs is 1. The highest BCUT2D eigenvalue weighted by atomic mass is 16.8. The number of carbonyl (C=O) groups is 2. The first kappa shape index (κ1) is 36.8. The number of benzene rings is 1. The third-order valence-corrected chi connectivity index (χ3v) is 8.85. The minimum Gasteiger partial charge on any atom is -0.508 e. The van der Waals surface area contributed by atoms with Crippen molar-refractivity contribution >= 4 is 18.0 Å².